The van der Waals surface area contributed by atoms with E-state index in [4.69, 9.17) is 32.3 Å². The molecule has 1 amide bonds. The van der Waals surface area contributed by atoms with Crippen molar-refractivity contribution >= 4 is 35.0 Å². The van der Waals surface area contributed by atoms with E-state index in [0.717, 1.165) is 4.90 Å². The van der Waals surface area contributed by atoms with Gasteiger partial charge in [0.2, 0.25) is 5.60 Å². The van der Waals surface area contributed by atoms with E-state index in [2.05, 4.69) is 0 Å². The topological polar surface area (TPSA) is 113 Å². The highest BCUT2D eigenvalue weighted by molar-refractivity contribution is 6.33. The second-order valence-corrected chi connectivity index (χ2v) is 4.76. The van der Waals surface area contributed by atoms with E-state index in [-0.39, 0.29) is 28.7 Å². The largest absolute Gasteiger partial charge is 0.478 e. The van der Waals surface area contributed by atoms with Gasteiger partial charge in [-0.25, -0.2) is 9.59 Å². The van der Waals surface area contributed by atoms with Crippen molar-refractivity contribution in [2.45, 2.75) is 12.5 Å². The lowest BCUT2D eigenvalue weighted by atomic mass is 10.0. The van der Waals surface area contributed by atoms with Gasteiger partial charge < -0.3 is 20.7 Å². The summed E-state index contributed by atoms with van der Waals surface area (Å²) in [5.41, 5.74) is 4.28. The molecule has 1 aromatic rings. The van der Waals surface area contributed by atoms with Crippen LogP contribution in [0.1, 0.15) is 6.92 Å². The number of rotatable bonds is 1. The maximum atomic E-state index is 11.2. The molecular formula is C11H11ClN2O5. The fraction of sp³-hybridized carbons (Fsp3) is 0.273. The molecule has 0 bridgehead atoms. The summed E-state index contributed by atoms with van der Waals surface area (Å²) in [6.45, 7) is 0.948. The lowest BCUT2D eigenvalue weighted by molar-refractivity contribution is -0.153. The van der Waals surface area contributed by atoms with E-state index in [1.165, 1.54) is 19.1 Å². The first-order valence-electron chi connectivity index (χ1n) is 5.26. The minimum absolute atomic E-state index is 0.0699. The van der Waals surface area contributed by atoms with Gasteiger partial charge in [0.05, 0.1) is 22.9 Å². The number of anilines is 2. The Labute approximate surface area is 113 Å². The molecule has 0 radical (unpaired) electrons. The van der Waals surface area contributed by atoms with Crippen LogP contribution in [0.4, 0.5) is 16.2 Å². The summed E-state index contributed by atoms with van der Waals surface area (Å²) in [6, 6.07) is 2.65. The molecule has 1 atom stereocenters. The van der Waals surface area contributed by atoms with Gasteiger partial charge in [-0.15, -0.1) is 0 Å². The van der Waals surface area contributed by atoms with Crippen LogP contribution >= 0.6 is 11.6 Å². The first-order chi connectivity index (χ1) is 8.74. The Bertz CT molecular complexity index is 576. The number of halogens is 1. The first-order valence-corrected chi connectivity index (χ1v) is 5.64. The summed E-state index contributed by atoms with van der Waals surface area (Å²) >= 11 is 5.83. The fourth-order valence-electron chi connectivity index (χ4n) is 1.80. The molecule has 1 aromatic carbocycles. The number of carboxylic acids is 1. The first kappa shape index (κ1) is 13.3. The van der Waals surface area contributed by atoms with Crippen LogP contribution in [0.2, 0.25) is 5.02 Å². The van der Waals surface area contributed by atoms with E-state index in [0.29, 0.717) is 0 Å². The molecule has 0 saturated heterocycles. The Kier molecular flexibility index (Phi) is 2.94. The number of amides is 1. The van der Waals surface area contributed by atoms with Crippen molar-refractivity contribution in [1.82, 2.24) is 0 Å². The minimum atomic E-state index is -1.67. The SMILES string of the molecule is CC1(C(=O)O)CN(C(=O)O)c2cc(Cl)c(N)cc2O1. The molecule has 1 heterocycles. The monoisotopic (exact) mass is 286 g/mol. The molecule has 102 valence electrons. The highest BCUT2D eigenvalue weighted by atomic mass is 35.5. The number of fused-ring (bicyclic) bond motifs is 1. The van der Waals surface area contributed by atoms with Crippen molar-refractivity contribution in [2.75, 3.05) is 17.2 Å². The molecule has 0 spiro atoms. The zero-order chi connectivity index (χ0) is 14.4. The minimum Gasteiger partial charge on any atom is -0.478 e. The van der Waals surface area contributed by atoms with Crippen molar-refractivity contribution in [3.8, 4) is 5.75 Å². The van der Waals surface area contributed by atoms with E-state index < -0.39 is 17.7 Å². The zero-order valence-corrected chi connectivity index (χ0v) is 10.6. The molecule has 1 aliphatic heterocycles. The molecule has 19 heavy (non-hydrogen) atoms. The van der Waals surface area contributed by atoms with Gasteiger partial charge in [0, 0.05) is 6.07 Å². The Balaban J connectivity index is 2.59. The number of aliphatic carboxylic acids is 1. The number of benzene rings is 1. The van der Waals surface area contributed by atoms with Gasteiger partial charge >= 0.3 is 12.1 Å². The number of hydrogen-bond acceptors (Lipinski definition) is 4. The lowest BCUT2D eigenvalue weighted by Crippen LogP contribution is -2.55. The highest BCUT2D eigenvalue weighted by Gasteiger charge is 2.44. The molecule has 8 heteroatoms. The fourth-order valence-corrected chi connectivity index (χ4v) is 1.95. The Morgan fingerprint density at radius 2 is 2.11 bits per heavy atom. The van der Waals surface area contributed by atoms with Gasteiger partial charge in [-0.2, -0.15) is 0 Å². The van der Waals surface area contributed by atoms with Gasteiger partial charge in [0.25, 0.3) is 0 Å². The van der Waals surface area contributed by atoms with E-state index in [1.54, 1.807) is 0 Å². The number of carbonyl (C=O) groups is 2. The standard InChI is InChI=1S/C11H11ClN2O5/c1-11(9(15)16)4-14(10(17)18)7-2-5(12)6(13)3-8(7)19-11/h2-3H,4,13H2,1H3,(H,15,16)(H,17,18). The molecule has 0 saturated carbocycles. The molecular weight excluding hydrogens is 276 g/mol. The van der Waals surface area contributed by atoms with Crippen molar-refractivity contribution in [3.05, 3.63) is 17.2 Å². The molecule has 1 unspecified atom stereocenters. The van der Waals surface area contributed by atoms with E-state index in [9.17, 15) is 9.59 Å². The molecule has 0 aliphatic carbocycles. The number of hydrogen-bond donors (Lipinski definition) is 3. The van der Waals surface area contributed by atoms with Gasteiger partial charge in [0.15, 0.2) is 0 Å². The highest BCUT2D eigenvalue weighted by Crippen LogP contribution is 2.41. The van der Waals surface area contributed by atoms with E-state index >= 15 is 0 Å². The van der Waals surface area contributed by atoms with Crippen molar-refractivity contribution in [3.63, 3.8) is 0 Å². The molecule has 7 nitrogen and oxygen atoms in total. The Hall–Kier alpha value is -2.15. The van der Waals surface area contributed by atoms with Crippen LogP contribution in [-0.4, -0.2) is 34.4 Å². The molecule has 1 aliphatic rings. The summed E-state index contributed by atoms with van der Waals surface area (Å²) in [5, 5.41) is 18.5. The van der Waals surface area contributed by atoms with Crippen molar-refractivity contribution < 1.29 is 24.5 Å². The smallest absolute Gasteiger partial charge is 0.412 e. The van der Waals surface area contributed by atoms with Gasteiger partial charge in [-0.1, -0.05) is 11.6 Å². The summed E-state index contributed by atoms with van der Waals surface area (Å²) in [5.74, 6) is -1.20. The maximum Gasteiger partial charge on any atom is 0.412 e. The predicted octanol–water partition coefficient (Wildman–Crippen LogP) is 1.64. The number of nitrogens with two attached hydrogens (primary N) is 1. The normalized spacial score (nSPS) is 21.5. The van der Waals surface area contributed by atoms with Gasteiger partial charge in [-0.05, 0) is 13.0 Å². The predicted molar refractivity (Wildman–Crippen MR) is 67.9 cm³/mol. The summed E-state index contributed by atoms with van der Waals surface area (Å²) < 4.78 is 5.35. The molecule has 4 N–H and O–H groups in total. The van der Waals surface area contributed by atoms with Gasteiger partial charge in [0.1, 0.15) is 5.75 Å². The Morgan fingerprint density at radius 3 is 2.63 bits per heavy atom. The number of nitrogen functional groups attached to an aromatic ring is 1. The molecule has 0 aromatic heterocycles. The van der Waals surface area contributed by atoms with Crippen molar-refractivity contribution in [2.24, 2.45) is 0 Å². The number of carboxylic acid groups (broad SMARTS) is 2. The van der Waals surface area contributed by atoms with Crippen LogP contribution in [0.25, 0.3) is 0 Å². The summed E-state index contributed by atoms with van der Waals surface area (Å²) in [6.07, 6.45) is -1.29. The third-order valence-corrected chi connectivity index (χ3v) is 3.17. The number of nitrogens with zero attached hydrogens (tertiary/aromatic N) is 1. The molecule has 0 fully saturated rings. The third-order valence-electron chi connectivity index (χ3n) is 2.85. The van der Waals surface area contributed by atoms with Crippen molar-refractivity contribution in [1.29, 1.82) is 0 Å². The third kappa shape index (κ3) is 2.12. The average molecular weight is 287 g/mol. The average Bonchev–Trinajstić information content (AvgIpc) is 2.30. The summed E-state index contributed by atoms with van der Waals surface area (Å²) in [7, 11) is 0. The quantitative estimate of drug-likeness (QED) is 0.676. The Morgan fingerprint density at radius 1 is 1.47 bits per heavy atom. The van der Waals surface area contributed by atoms with Gasteiger partial charge in [-0.3, -0.25) is 4.90 Å². The van der Waals surface area contributed by atoms with E-state index in [1.807, 2.05) is 0 Å². The lowest BCUT2D eigenvalue weighted by Gasteiger charge is -2.37. The van der Waals surface area contributed by atoms with Crippen LogP contribution in [0, 0.1) is 0 Å². The number of ether oxygens (including phenoxy) is 1. The van der Waals surface area contributed by atoms with Crippen LogP contribution < -0.4 is 15.4 Å². The molecule has 2 rings (SSSR count). The zero-order valence-electron chi connectivity index (χ0n) is 9.88. The second kappa shape index (κ2) is 4.20. The van der Waals surface area contributed by atoms with Crippen LogP contribution in [0.15, 0.2) is 12.1 Å². The van der Waals surface area contributed by atoms with Crippen LogP contribution in [0.3, 0.4) is 0 Å². The van der Waals surface area contributed by atoms with Crippen LogP contribution in [-0.2, 0) is 4.79 Å². The van der Waals surface area contributed by atoms with Crippen LogP contribution in [0.5, 0.6) is 5.75 Å². The summed E-state index contributed by atoms with van der Waals surface area (Å²) in [4.78, 5) is 23.3. The maximum absolute atomic E-state index is 11.2. The second-order valence-electron chi connectivity index (χ2n) is 4.35.